The number of benzene rings is 3. The maximum Gasteiger partial charge on any atom is 0.269 e. The summed E-state index contributed by atoms with van der Waals surface area (Å²) in [6.45, 7) is 0.334. The second-order valence-corrected chi connectivity index (χ2v) is 8.12. The molecule has 186 valence electrons. The van der Waals surface area contributed by atoms with Crippen molar-refractivity contribution in [2.45, 2.75) is 19.0 Å². The van der Waals surface area contributed by atoms with Gasteiger partial charge in [-0.25, -0.2) is 0 Å². The third kappa shape index (κ3) is 4.78. The molecule has 4 rings (SSSR count). The zero-order valence-electron chi connectivity index (χ0n) is 20.0. The van der Waals surface area contributed by atoms with Crippen molar-refractivity contribution in [1.29, 1.82) is 0 Å². The lowest BCUT2D eigenvalue weighted by Gasteiger charge is -2.29. The quantitative estimate of drug-likeness (QED) is 0.349. The minimum atomic E-state index is -0.656. The van der Waals surface area contributed by atoms with E-state index in [0.29, 0.717) is 40.6 Å². The summed E-state index contributed by atoms with van der Waals surface area (Å²) < 4.78 is 16.4. The number of non-ortho nitro benzene ring substituents is 1. The fraction of sp³-hybridized carbons (Fsp3) is 0.231. The number of fused-ring (bicyclic) bond motifs is 1. The molecule has 0 saturated heterocycles. The van der Waals surface area contributed by atoms with Crippen LogP contribution in [-0.2, 0) is 11.3 Å². The van der Waals surface area contributed by atoms with Gasteiger partial charge in [0, 0.05) is 29.9 Å². The monoisotopic (exact) mass is 491 g/mol. The number of methoxy groups -OCH3 is 3. The van der Waals surface area contributed by atoms with Crippen molar-refractivity contribution in [2.24, 2.45) is 0 Å². The summed E-state index contributed by atoms with van der Waals surface area (Å²) in [5.74, 6) is 0.640. The molecule has 1 aliphatic rings. The van der Waals surface area contributed by atoms with Crippen LogP contribution in [0.5, 0.6) is 17.2 Å². The molecule has 1 N–H and O–H groups in total. The third-order valence-corrected chi connectivity index (χ3v) is 6.04. The van der Waals surface area contributed by atoms with Gasteiger partial charge < -0.3 is 24.4 Å². The van der Waals surface area contributed by atoms with Crippen LogP contribution in [0.4, 0.5) is 11.4 Å². The Bertz CT molecular complexity index is 1280. The van der Waals surface area contributed by atoms with E-state index in [1.165, 1.54) is 45.6 Å². The summed E-state index contributed by atoms with van der Waals surface area (Å²) in [7, 11) is 4.48. The second-order valence-electron chi connectivity index (χ2n) is 8.12. The Hall–Kier alpha value is -4.60. The maximum absolute atomic E-state index is 13.3. The van der Waals surface area contributed by atoms with Crippen LogP contribution in [0.1, 0.15) is 33.9 Å². The molecule has 0 bridgehead atoms. The van der Waals surface area contributed by atoms with Crippen molar-refractivity contribution in [2.75, 3.05) is 26.6 Å². The number of carbonyl (C=O) groups excluding carboxylic acids is 2. The van der Waals surface area contributed by atoms with Crippen LogP contribution in [0.15, 0.2) is 60.7 Å². The minimum Gasteiger partial charge on any atom is -0.493 e. The summed E-state index contributed by atoms with van der Waals surface area (Å²) in [6.07, 6.45) is -0.0741. The molecule has 0 saturated carbocycles. The lowest BCUT2D eigenvalue weighted by Crippen LogP contribution is -2.32. The maximum atomic E-state index is 13.3. The highest BCUT2D eigenvalue weighted by molar-refractivity contribution is 5.99. The minimum absolute atomic E-state index is 0.0741. The van der Waals surface area contributed by atoms with Gasteiger partial charge in [0.2, 0.25) is 11.7 Å². The van der Waals surface area contributed by atoms with E-state index in [1.807, 2.05) is 12.1 Å². The molecule has 3 aromatic carbocycles. The first-order valence-corrected chi connectivity index (χ1v) is 11.1. The van der Waals surface area contributed by atoms with E-state index in [0.717, 1.165) is 5.56 Å². The Morgan fingerprint density at radius 3 is 2.22 bits per heavy atom. The number of rotatable bonds is 9. The molecule has 1 unspecified atom stereocenters. The number of anilines is 1. The van der Waals surface area contributed by atoms with E-state index >= 15 is 0 Å². The Kier molecular flexibility index (Phi) is 7.05. The molecular formula is C26H25N3O7. The Balaban J connectivity index is 1.68. The number of hydrogen-bond donors (Lipinski definition) is 1. The summed E-state index contributed by atoms with van der Waals surface area (Å²) in [4.78, 5) is 38.5. The Morgan fingerprint density at radius 2 is 1.67 bits per heavy atom. The highest BCUT2D eigenvalue weighted by atomic mass is 16.6. The highest BCUT2D eigenvalue weighted by Gasteiger charge is 2.35. The molecule has 36 heavy (non-hydrogen) atoms. The molecule has 10 heteroatoms. The molecule has 0 radical (unpaired) electrons. The number of nitro groups is 1. The number of amides is 2. The normalized spacial score (nSPS) is 13.1. The average Bonchev–Trinajstić information content (AvgIpc) is 3.22. The van der Waals surface area contributed by atoms with Crippen molar-refractivity contribution in [1.82, 2.24) is 4.90 Å². The van der Waals surface area contributed by atoms with Gasteiger partial charge in [0.1, 0.15) is 0 Å². The molecule has 1 aliphatic heterocycles. The molecule has 2 amide bonds. The number of ether oxygens (including phenoxy) is 3. The zero-order chi connectivity index (χ0) is 25.8. The van der Waals surface area contributed by atoms with Gasteiger partial charge in [-0.05, 0) is 41.5 Å². The largest absolute Gasteiger partial charge is 0.493 e. The van der Waals surface area contributed by atoms with Crippen molar-refractivity contribution >= 4 is 23.2 Å². The van der Waals surface area contributed by atoms with Crippen molar-refractivity contribution in [3.63, 3.8) is 0 Å². The summed E-state index contributed by atoms with van der Waals surface area (Å²) >= 11 is 0. The van der Waals surface area contributed by atoms with E-state index in [-0.39, 0.29) is 23.9 Å². The highest BCUT2D eigenvalue weighted by Crippen LogP contribution is 2.43. The van der Waals surface area contributed by atoms with Gasteiger partial charge in [-0.2, -0.15) is 0 Å². The Morgan fingerprint density at radius 1 is 1.03 bits per heavy atom. The summed E-state index contributed by atoms with van der Waals surface area (Å²) in [5, 5.41) is 13.7. The van der Waals surface area contributed by atoms with Crippen LogP contribution in [0, 0.1) is 10.1 Å². The van der Waals surface area contributed by atoms with E-state index in [2.05, 4.69) is 5.32 Å². The second kappa shape index (κ2) is 10.3. The molecule has 3 aromatic rings. The summed E-state index contributed by atoms with van der Waals surface area (Å²) in [6, 6.07) is 15.7. The number of carbonyl (C=O) groups is 2. The smallest absolute Gasteiger partial charge is 0.269 e. The lowest BCUT2D eigenvalue weighted by atomic mass is 10.00. The molecule has 1 atom stereocenters. The van der Waals surface area contributed by atoms with Crippen molar-refractivity contribution in [3.05, 3.63) is 87.5 Å². The third-order valence-electron chi connectivity index (χ3n) is 6.04. The molecular weight excluding hydrogens is 466 g/mol. The number of hydrogen-bond acceptors (Lipinski definition) is 7. The van der Waals surface area contributed by atoms with Gasteiger partial charge in [0.15, 0.2) is 11.5 Å². The zero-order valence-corrected chi connectivity index (χ0v) is 20.0. The number of nitro benzene ring substituents is 1. The van der Waals surface area contributed by atoms with Crippen LogP contribution >= 0.6 is 0 Å². The van der Waals surface area contributed by atoms with Crippen molar-refractivity contribution in [3.8, 4) is 17.2 Å². The molecule has 0 aliphatic carbocycles. The number of nitrogens with one attached hydrogen (secondary N) is 1. The van der Waals surface area contributed by atoms with E-state index < -0.39 is 11.0 Å². The topological polar surface area (TPSA) is 120 Å². The lowest BCUT2D eigenvalue weighted by molar-refractivity contribution is -0.384. The SMILES string of the molecule is COc1cc(C(CC(=O)Nc2ccc([N+](=O)[O-])cc2)N2Cc3ccccc3C2=O)cc(OC)c1OC. The predicted octanol–water partition coefficient (Wildman–Crippen LogP) is 4.35. The summed E-state index contributed by atoms with van der Waals surface area (Å²) in [5.41, 5.74) is 2.42. The predicted molar refractivity (Wildman–Crippen MR) is 131 cm³/mol. The van der Waals surface area contributed by atoms with Gasteiger partial charge in [0.25, 0.3) is 11.6 Å². The van der Waals surface area contributed by atoms with Crippen LogP contribution in [0.25, 0.3) is 0 Å². The molecule has 0 aromatic heterocycles. The average molecular weight is 492 g/mol. The fourth-order valence-electron chi connectivity index (χ4n) is 4.28. The van der Waals surface area contributed by atoms with Crippen LogP contribution in [0.2, 0.25) is 0 Å². The Labute approximate surface area is 207 Å². The van der Waals surface area contributed by atoms with Crippen LogP contribution in [0.3, 0.4) is 0 Å². The van der Waals surface area contributed by atoms with E-state index in [4.69, 9.17) is 14.2 Å². The molecule has 0 fully saturated rings. The van der Waals surface area contributed by atoms with Gasteiger partial charge in [-0.1, -0.05) is 18.2 Å². The first kappa shape index (κ1) is 24.5. The van der Waals surface area contributed by atoms with E-state index in [9.17, 15) is 19.7 Å². The van der Waals surface area contributed by atoms with Crippen LogP contribution in [-0.4, -0.2) is 43.0 Å². The van der Waals surface area contributed by atoms with Crippen LogP contribution < -0.4 is 19.5 Å². The van der Waals surface area contributed by atoms with Gasteiger partial charge in [0.05, 0.1) is 38.7 Å². The molecule has 0 spiro atoms. The molecule has 10 nitrogen and oxygen atoms in total. The molecule has 1 heterocycles. The van der Waals surface area contributed by atoms with E-state index in [1.54, 1.807) is 29.2 Å². The number of nitrogens with zero attached hydrogens (tertiary/aromatic N) is 2. The van der Waals surface area contributed by atoms with Gasteiger partial charge in [-0.15, -0.1) is 0 Å². The first-order chi connectivity index (χ1) is 17.4. The first-order valence-electron chi connectivity index (χ1n) is 11.1. The van der Waals surface area contributed by atoms with Crippen molar-refractivity contribution < 1.29 is 28.7 Å². The van der Waals surface area contributed by atoms with Gasteiger partial charge in [-0.3, -0.25) is 19.7 Å². The fourth-order valence-corrected chi connectivity index (χ4v) is 4.28. The van der Waals surface area contributed by atoms with Gasteiger partial charge >= 0.3 is 0 Å². The standard InChI is InChI=1S/C26H25N3O7/c1-34-22-12-17(13-23(35-2)25(22)36-3)21(28-15-16-6-4-5-7-20(16)26(28)31)14-24(30)27-18-8-10-19(11-9-18)29(32)33/h4-13,21H,14-15H2,1-3H3,(H,27,30).